The van der Waals surface area contributed by atoms with Gasteiger partial charge in [-0.05, 0) is 36.4 Å². The molecule has 0 spiro atoms. The number of carboxylic acids is 1. The van der Waals surface area contributed by atoms with Crippen LogP contribution in [0.4, 0.5) is 0 Å². The monoisotopic (exact) mass is 520 g/mol. The molecule has 0 amide bonds. The Hall–Kier alpha value is -4.03. The van der Waals surface area contributed by atoms with Gasteiger partial charge in [0.05, 0.1) is 39.6 Å². The van der Waals surface area contributed by atoms with Crippen LogP contribution in [0.3, 0.4) is 0 Å². The summed E-state index contributed by atoms with van der Waals surface area (Å²) in [4.78, 5) is 37.4. The van der Waals surface area contributed by atoms with Crippen LogP contribution in [0.25, 0.3) is 0 Å². The average Bonchev–Trinajstić information content (AvgIpc) is 2.90. The van der Waals surface area contributed by atoms with E-state index in [4.69, 9.17) is 28.4 Å². The molecule has 12 heteroatoms. The lowest BCUT2D eigenvalue weighted by Crippen LogP contribution is -2.58. The van der Waals surface area contributed by atoms with Crippen molar-refractivity contribution in [3.63, 3.8) is 0 Å². The van der Waals surface area contributed by atoms with Crippen LogP contribution < -0.4 is 18.9 Å². The summed E-state index contributed by atoms with van der Waals surface area (Å²) in [6, 6.07) is 8.39. The smallest absolute Gasteiger partial charge is 0.338 e. The molecule has 0 unspecified atom stereocenters. The summed E-state index contributed by atoms with van der Waals surface area (Å²) in [5.41, 5.74) is -2.40. The number of carbonyl (C=O) groups excluding carboxylic acids is 2. The van der Waals surface area contributed by atoms with Gasteiger partial charge in [-0.1, -0.05) is 0 Å². The van der Waals surface area contributed by atoms with Gasteiger partial charge in [-0.15, -0.1) is 0 Å². The molecule has 2 aromatic rings. The topological polar surface area (TPSA) is 167 Å². The van der Waals surface area contributed by atoms with Crippen molar-refractivity contribution in [2.75, 3.05) is 28.4 Å². The fourth-order valence-corrected chi connectivity index (χ4v) is 3.96. The molecule has 0 radical (unpaired) electrons. The Balaban J connectivity index is 1.83. The Morgan fingerprint density at radius 2 is 1.11 bits per heavy atom. The van der Waals surface area contributed by atoms with Crippen LogP contribution >= 0.6 is 0 Å². The summed E-state index contributed by atoms with van der Waals surface area (Å²) in [6.45, 7) is 0. The highest BCUT2D eigenvalue weighted by Crippen LogP contribution is 2.35. The minimum Gasteiger partial charge on any atom is -0.493 e. The minimum absolute atomic E-state index is 0.0214. The van der Waals surface area contributed by atoms with Gasteiger partial charge >= 0.3 is 17.9 Å². The van der Waals surface area contributed by atoms with Crippen molar-refractivity contribution in [1.29, 1.82) is 0 Å². The number of hydrogen-bond acceptors (Lipinski definition) is 11. The van der Waals surface area contributed by atoms with Gasteiger partial charge in [0.25, 0.3) is 0 Å². The van der Waals surface area contributed by atoms with Gasteiger partial charge in [0, 0.05) is 12.8 Å². The number of aliphatic hydroxyl groups is 2. The molecule has 37 heavy (non-hydrogen) atoms. The number of carbonyl (C=O) groups is 3. The van der Waals surface area contributed by atoms with Crippen LogP contribution in [-0.4, -0.2) is 85.6 Å². The zero-order chi connectivity index (χ0) is 27.3. The van der Waals surface area contributed by atoms with Gasteiger partial charge in [-0.3, -0.25) is 0 Å². The average molecular weight is 520 g/mol. The molecule has 1 aliphatic rings. The van der Waals surface area contributed by atoms with Crippen LogP contribution in [0.5, 0.6) is 23.0 Å². The Bertz CT molecular complexity index is 1080. The van der Waals surface area contributed by atoms with Crippen LogP contribution in [0.2, 0.25) is 0 Å². The van der Waals surface area contributed by atoms with Gasteiger partial charge in [0.15, 0.2) is 28.6 Å². The highest BCUT2D eigenvalue weighted by Gasteiger charge is 2.52. The van der Waals surface area contributed by atoms with E-state index in [1.54, 1.807) is 0 Å². The molecule has 2 aromatic carbocycles. The second kappa shape index (κ2) is 11.4. The summed E-state index contributed by atoms with van der Waals surface area (Å²) >= 11 is 0. The molecule has 0 bridgehead atoms. The van der Waals surface area contributed by atoms with Crippen LogP contribution in [0.1, 0.15) is 33.6 Å². The third-order valence-corrected chi connectivity index (χ3v) is 5.99. The number of methoxy groups -OCH3 is 4. The van der Waals surface area contributed by atoms with E-state index in [1.807, 2.05) is 0 Å². The van der Waals surface area contributed by atoms with Crippen molar-refractivity contribution in [1.82, 2.24) is 0 Å². The first-order valence-electron chi connectivity index (χ1n) is 11.1. The quantitative estimate of drug-likeness (QED) is 0.408. The number of benzene rings is 2. The van der Waals surface area contributed by atoms with Gasteiger partial charge in [-0.2, -0.15) is 0 Å². The summed E-state index contributed by atoms with van der Waals surface area (Å²) < 4.78 is 31.3. The summed E-state index contributed by atoms with van der Waals surface area (Å²) in [5, 5.41) is 31.2. The van der Waals surface area contributed by atoms with E-state index < -0.39 is 54.7 Å². The van der Waals surface area contributed by atoms with Gasteiger partial charge in [0.1, 0.15) is 18.3 Å². The highest BCUT2D eigenvalue weighted by molar-refractivity contribution is 5.91. The second-order valence-electron chi connectivity index (χ2n) is 8.26. The van der Waals surface area contributed by atoms with Crippen molar-refractivity contribution in [2.45, 2.75) is 36.8 Å². The van der Waals surface area contributed by atoms with E-state index in [0.717, 1.165) is 0 Å². The molecule has 0 saturated heterocycles. The number of rotatable bonds is 9. The first-order valence-corrected chi connectivity index (χ1v) is 11.1. The van der Waals surface area contributed by atoms with Gasteiger partial charge in [-0.25, -0.2) is 14.4 Å². The molecule has 3 rings (SSSR count). The van der Waals surface area contributed by atoms with E-state index >= 15 is 0 Å². The predicted molar refractivity (Wildman–Crippen MR) is 125 cm³/mol. The van der Waals surface area contributed by atoms with E-state index in [-0.39, 0.29) is 22.6 Å². The summed E-state index contributed by atoms with van der Waals surface area (Å²) in [6.07, 6.45) is -5.93. The van der Waals surface area contributed by atoms with Crippen LogP contribution in [0.15, 0.2) is 36.4 Å². The minimum atomic E-state index is -2.44. The maximum atomic E-state index is 12.8. The molecule has 1 fully saturated rings. The third kappa shape index (κ3) is 5.87. The van der Waals surface area contributed by atoms with Crippen molar-refractivity contribution in [3.8, 4) is 23.0 Å². The molecule has 1 saturated carbocycles. The Morgan fingerprint density at radius 3 is 1.43 bits per heavy atom. The number of ether oxygens (including phenoxy) is 6. The number of carboxylic acid groups (broad SMARTS) is 1. The third-order valence-electron chi connectivity index (χ3n) is 5.99. The Kier molecular flexibility index (Phi) is 8.46. The van der Waals surface area contributed by atoms with E-state index in [0.29, 0.717) is 11.5 Å². The number of aliphatic hydroxyl groups excluding tert-OH is 1. The molecule has 3 N–H and O–H groups in total. The predicted octanol–water partition coefficient (Wildman–Crippen LogP) is 1.44. The van der Waals surface area contributed by atoms with Gasteiger partial charge in [0.2, 0.25) is 0 Å². The zero-order valence-corrected chi connectivity index (χ0v) is 20.6. The maximum Gasteiger partial charge on any atom is 0.338 e. The SMILES string of the molecule is COc1ccc(C(=O)O[C@@H]2CC(O)(C(=O)O)C[C@@H](OC(=O)c3ccc(OC)c(OC)c3)C2O)cc1OC. The fourth-order valence-electron chi connectivity index (χ4n) is 3.96. The number of aliphatic carboxylic acids is 1. The molecule has 0 heterocycles. The number of esters is 2. The molecular formula is C25H28O12. The lowest BCUT2D eigenvalue weighted by molar-refractivity contribution is -0.187. The van der Waals surface area contributed by atoms with Crippen LogP contribution in [-0.2, 0) is 14.3 Å². The standard InChI is InChI=1S/C25H28O12/c1-32-15-7-5-13(9-17(15)34-3)22(27)36-19-11-25(31,24(29)30)12-20(21(19)26)37-23(28)14-6-8-16(33-2)18(10-14)35-4/h5-10,19-21,26,31H,11-12H2,1-4H3,(H,29,30)/t19-,20-,21?,25?/m1/s1. The van der Waals surface area contributed by atoms with Crippen molar-refractivity contribution < 1.29 is 58.1 Å². The largest absolute Gasteiger partial charge is 0.493 e. The molecule has 12 nitrogen and oxygen atoms in total. The van der Waals surface area contributed by atoms with Crippen molar-refractivity contribution >= 4 is 17.9 Å². The maximum absolute atomic E-state index is 12.8. The van der Waals surface area contributed by atoms with E-state index in [9.17, 15) is 29.7 Å². The van der Waals surface area contributed by atoms with Gasteiger partial charge < -0.3 is 43.7 Å². The Labute approximate surface area is 212 Å². The van der Waals surface area contributed by atoms with Crippen LogP contribution in [0, 0.1) is 0 Å². The molecular weight excluding hydrogens is 492 g/mol. The summed E-state index contributed by atoms with van der Waals surface area (Å²) in [7, 11) is 5.60. The molecule has 2 atom stereocenters. The first-order chi connectivity index (χ1) is 17.6. The summed E-state index contributed by atoms with van der Waals surface area (Å²) in [5.74, 6) is -2.28. The first kappa shape index (κ1) is 27.6. The normalized spacial score (nSPS) is 22.9. The van der Waals surface area contributed by atoms with Crippen molar-refractivity contribution in [3.05, 3.63) is 47.5 Å². The molecule has 0 aromatic heterocycles. The molecule has 0 aliphatic heterocycles. The fraction of sp³-hybridized carbons (Fsp3) is 0.400. The second-order valence-corrected chi connectivity index (χ2v) is 8.26. The molecule has 200 valence electrons. The van der Waals surface area contributed by atoms with E-state index in [2.05, 4.69) is 0 Å². The molecule has 1 aliphatic carbocycles. The lowest BCUT2D eigenvalue weighted by Gasteiger charge is -2.40. The number of hydrogen-bond donors (Lipinski definition) is 3. The Morgan fingerprint density at radius 1 is 0.730 bits per heavy atom. The lowest BCUT2D eigenvalue weighted by atomic mass is 9.79. The highest BCUT2D eigenvalue weighted by atomic mass is 16.6. The van der Waals surface area contributed by atoms with E-state index in [1.165, 1.54) is 64.8 Å². The zero-order valence-electron chi connectivity index (χ0n) is 20.6. The van der Waals surface area contributed by atoms with Crippen molar-refractivity contribution in [2.24, 2.45) is 0 Å².